The van der Waals surface area contributed by atoms with Crippen molar-refractivity contribution in [2.45, 2.75) is 19.8 Å². The number of nitrogens with zero attached hydrogens (tertiary/aromatic N) is 1. The summed E-state index contributed by atoms with van der Waals surface area (Å²) in [5.74, 6) is 0.888. The third-order valence-electron chi connectivity index (χ3n) is 3.73. The highest BCUT2D eigenvalue weighted by atomic mass is 16.2. The van der Waals surface area contributed by atoms with Crippen molar-refractivity contribution in [1.82, 2.24) is 10.2 Å². The molecule has 1 aromatic carbocycles. The van der Waals surface area contributed by atoms with Gasteiger partial charge in [-0.15, -0.1) is 0 Å². The fourth-order valence-corrected chi connectivity index (χ4v) is 2.60. The van der Waals surface area contributed by atoms with Crippen molar-refractivity contribution in [1.29, 1.82) is 0 Å². The lowest BCUT2D eigenvalue weighted by molar-refractivity contribution is -0.129. The van der Waals surface area contributed by atoms with Gasteiger partial charge in [-0.1, -0.05) is 24.3 Å². The third kappa shape index (κ3) is 3.10. The molecule has 1 saturated heterocycles. The van der Waals surface area contributed by atoms with Crippen LogP contribution < -0.4 is 5.32 Å². The van der Waals surface area contributed by atoms with Gasteiger partial charge >= 0.3 is 0 Å². The molecular weight excluding hydrogens is 224 g/mol. The van der Waals surface area contributed by atoms with E-state index < -0.39 is 0 Å². The molecule has 2 rings (SSSR count). The number of nitrogens with one attached hydrogen (secondary N) is 1. The Morgan fingerprint density at radius 1 is 1.44 bits per heavy atom. The van der Waals surface area contributed by atoms with E-state index in [9.17, 15) is 4.79 Å². The number of hydrogen-bond acceptors (Lipinski definition) is 2. The first-order valence-electron chi connectivity index (χ1n) is 6.67. The van der Waals surface area contributed by atoms with Crippen LogP contribution in [0.2, 0.25) is 0 Å². The molecule has 18 heavy (non-hydrogen) atoms. The minimum atomic E-state index is 0.267. The van der Waals surface area contributed by atoms with Crippen LogP contribution in [0.3, 0.4) is 0 Å². The van der Waals surface area contributed by atoms with Crippen LogP contribution in [0.4, 0.5) is 0 Å². The monoisotopic (exact) mass is 246 g/mol. The highest BCUT2D eigenvalue weighted by Gasteiger charge is 2.25. The van der Waals surface area contributed by atoms with Crippen LogP contribution in [0.15, 0.2) is 24.3 Å². The number of aryl methyl sites for hydroxylation is 1. The van der Waals surface area contributed by atoms with Crippen LogP contribution in [0.25, 0.3) is 0 Å². The molecule has 3 nitrogen and oxygen atoms in total. The van der Waals surface area contributed by atoms with E-state index in [1.165, 1.54) is 5.56 Å². The van der Waals surface area contributed by atoms with Crippen molar-refractivity contribution in [3.63, 3.8) is 0 Å². The Balaban J connectivity index is 1.91. The molecule has 1 heterocycles. The van der Waals surface area contributed by atoms with Gasteiger partial charge in [-0.2, -0.15) is 0 Å². The molecule has 1 N–H and O–H groups in total. The molecule has 98 valence electrons. The van der Waals surface area contributed by atoms with Crippen molar-refractivity contribution in [3.05, 3.63) is 35.4 Å². The molecule has 0 aliphatic carbocycles. The van der Waals surface area contributed by atoms with Crippen molar-refractivity contribution in [2.75, 3.05) is 26.7 Å². The van der Waals surface area contributed by atoms with E-state index >= 15 is 0 Å². The first-order chi connectivity index (χ1) is 8.70. The molecule has 0 spiro atoms. The van der Waals surface area contributed by atoms with Crippen LogP contribution in [-0.2, 0) is 11.2 Å². The van der Waals surface area contributed by atoms with Gasteiger partial charge in [0.15, 0.2) is 0 Å². The van der Waals surface area contributed by atoms with Crippen LogP contribution in [0.5, 0.6) is 0 Å². The molecule has 1 amide bonds. The van der Waals surface area contributed by atoms with Gasteiger partial charge in [0.05, 0.1) is 6.42 Å². The third-order valence-corrected chi connectivity index (χ3v) is 3.73. The van der Waals surface area contributed by atoms with Gasteiger partial charge in [-0.25, -0.2) is 0 Å². The van der Waals surface area contributed by atoms with Crippen LogP contribution in [0.1, 0.15) is 17.5 Å². The number of hydrogen-bond donors (Lipinski definition) is 1. The lowest BCUT2D eigenvalue weighted by Gasteiger charge is -2.17. The first kappa shape index (κ1) is 13.1. The van der Waals surface area contributed by atoms with Crippen molar-refractivity contribution >= 4 is 5.91 Å². The minimum Gasteiger partial charge on any atom is -0.342 e. The smallest absolute Gasteiger partial charge is 0.227 e. The summed E-state index contributed by atoms with van der Waals surface area (Å²) < 4.78 is 0. The van der Waals surface area contributed by atoms with Crippen molar-refractivity contribution in [2.24, 2.45) is 5.92 Å². The maximum absolute atomic E-state index is 12.2. The Morgan fingerprint density at radius 3 is 2.94 bits per heavy atom. The predicted octanol–water partition coefficient (Wildman–Crippen LogP) is 1.61. The largest absolute Gasteiger partial charge is 0.342 e. The average Bonchev–Trinajstić information content (AvgIpc) is 2.81. The summed E-state index contributed by atoms with van der Waals surface area (Å²) in [7, 11) is 1.97. The molecular formula is C15H22N2O. The van der Waals surface area contributed by atoms with E-state index in [2.05, 4.69) is 18.3 Å². The summed E-state index contributed by atoms with van der Waals surface area (Å²) >= 11 is 0. The van der Waals surface area contributed by atoms with Gasteiger partial charge < -0.3 is 10.2 Å². The molecule has 3 heteroatoms. The predicted molar refractivity (Wildman–Crippen MR) is 73.5 cm³/mol. The van der Waals surface area contributed by atoms with Gasteiger partial charge in [0, 0.05) is 13.1 Å². The number of likely N-dealkylation sites (tertiary alicyclic amines) is 1. The summed E-state index contributed by atoms with van der Waals surface area (Å²) in [5.41, 5.74) is 2.36. The summed E-state index contributed by atoms with van der Waals surface area (Å²) in [6.45, 7) is 4.90. The topological polar surface area (TPSA) is 32.3 Å². The fraction of sp³-hybridized carbons (Fsp3) is 0.533. The standard InChI is InChI=1S/C15H22N2O/c1-12-5-3-4-6-14(12)9-15(18)17-8-7-13(11-17)10-16-2/h3-6,13,16H,7-11H2,1-2H3/t13-/m0/s1. The van der Waals surface area contributed by atoms with Crippen LogP contribution >= 0.6 is 0 Å². The van der Waals surface area contributed by atoms with Crippen molar-refractivity contribution in [3.8, 4) is 0 Å². The summed E-state index contributed by atoms with van der Waals surface area (Å²) in [6, 6.07) is 8.14. The number of rotatable bonds is 4. The molecule has 1 aliphatic rings. The average molecular weight is 246 g/mol. The summed E-state index contributed by atoms with van der Waals surface area (Å²) in [5, 5.41) is 3.19. The molecule has 1 atom stereocenters. The number of amides is 1. The van der Waals surface area contributed by atoms with Crippen LogP contribution in [0, 0.1) is 12.8 Å². The lowest BCUT2D eigenvalue weighted by Crippen LogP contribution is -2.31. The maximum Gasteiger partial charge on any atom is 0.227 e. The number of benzene rings is 1. The highest BCUT2D eigenvalue weighted by Crippen LogP contribution is 2.17. The minimum absolute atomic E-state index is 0.267. The molecule has 1 aliphatic heterocycles. The lowest BCUT2D eigenvalue weighted by atomic mass is 10.1. The van der Waals surface area contributed by atoms with Crippen molar-refractivity contribution < 1.29 is 4.79 Å². The Hall–Kier alpha value is -1.35. The molecule has 0 saturated carbocycles. The van der Waals surface area contributed by atoms with Gasteiger partial charge in [0.1, 0.15) is 0 Å². The number of carbonyl (C=O) groups is 1. The van der Waals surface area contributed by atoms with Gasteiger partial charge in [-0.05, 0) is 44.0 Å². The maximum atomic E-state index is 12.2. The highest BCUT2D eigenvalue weighted by molar-refractivity contribution is 5.79. The van der Waals surface area contributed by atoms with Gasteiger partial charge in [0.2, 0.25) is 5.91 Å². The van der Waals surface area contributed by atoms with E-state index in [-0.39, 0.29) is 5.91 Å². The van der Waals surface area contributed by atoms with E-state index in [1.54, 1.807) is 0 Å². The van der Waals surface area contributed by atoms with E-state index in [0.717, 1.165) is 31.6 Å². The molecule has 0 bridgehead atoms. The number of carbonyl (C=O) groups excluding carboxylic acids is 1. The van der Waals surface area contributed by atoms with E-state index in [1.807, 2.05) is 30.1 Å². The van der Waals surface area contributed by atoms with Crippen LogP contribution in [-0.4, -0.2) is 37.5 Å². The summed E-state index contributed by atoms with van der Waals surface area (Å²) in [6.07, 6.45) is 1.67. The molecule has 1 fully saturated rings. The van der Waals surface area contributed by atoms with Gasteiger partial charge in [0.25, 0.3) is 0 Å². The second-order valence-electron chi connectivity index (χ2n) is 5.16. The molecule has 0 radical (unpaired) electrons. The Kier molecular flexibility index (Phi) is 4.37. The molecule has 0 aromatic heterocycles. The SMILES string of the molecule is CNC[C@@H]1CCN(C(=O)Cc2ccccc2C)C1. The fourth-order valence-electron chi connectivity index (χ4n) is 2.60. The Bertz CT molecular complexity index is 417. The van der Waals surface area contributed by atoms with E-state index in [4.69, 9.17) is 0 Å². The normalized spacial score (nSPS) is 19.2. The second-order valence-corrected chi connectivity index (χ2v) is 5.16. The zero-order valence-corrected chi connectivity index (χ0v) is 11.3. The van der Waals surface area contributed by atoms with Gasteiger partial charge in [-0.3, -0.25) is 4.79 Å². The molecule has 1 aromatic rings. The zero-order chi connectivity index (χ0) is 13.0. The molecule has 0 unspecified atom stereocenters. The Labute approximate surface area is 109 Å². The summed E-state index contributed by atoms with van der Waals surface area (Å²) in [4.78, 5) is 14.2. The second kappa shape index (κ2) is 6.01. The Morgan fingerprint density at radius 2 is 2.22 bits per heavy atom. The van der Waals surface area contributed by atoms with E-state index in [0.29, 0.717) is 12.3 Å². The first-order valence-corrected chi connectivity index (χ1v) is 6.67. The quantitative estimate of drug-likeness (QED) is 0.875. The zero-order valence-electron chi connectivity index (χ0n) is 11.3.